The van der Waals surface area contributed by atoms with Crippen molar-refractivity contribution in [2.45, 2.75) is 26.9 Å². The molecule has 4 rings (SSSR count). The lowest BCUT2D eigenvalue weighted by atomic mass is 10.0. The lowest BCUT2D eigenvalue weighted by Gasteiger charge is -2.10. The molecule has 1 N–H and O–H groups in total. The fraction of sp³-hybridized carbons (Fsp3) is 0.238. The Morgan fingerprint density at radius 3 is 2.75 bits per heavy atom. The summed E-state index contributed by atoms with van der Waals surface area (Å²) in [6.45, 7) is 5.20. The third kappa shape index (κ3) is 3.26. The number of benzene rings is 1. The van der Waals surface area contributed by atoms with Crippen LogP contribution in [-0.2, 0) is 20.1 Å². The van der Waals surface area contributed by atoms with E-state index < -0.39 is 0 Å². The topological polar surface area (TPSA) is 77.6 Å². The Morgan fingerprint density at radius 2 is 2.04 bits per heavy atom. The van der Waals surface area contributed by atoms with E-state index >= 15 is 0 Å². The molecule has 3 aromatic heterocycles. The summed E-state index contributed by atoms with van der Waals surface area (Å²) in [5, 5.41) is 12.5. The number of carbonyl (C=O) groups excluding carboxylic acids is 1. The van der Waals surface area contributed by atoms with Crippen LogP contribution in [0.15, 0.2) is 48.8 Å². The summed E-state index contributed by atoms with van der Waals surface area (Å²) in [5.41, 5.74) is 4.87. The summed E-state index contributed by atoms with van der Waals surface area (Å²) in [7, 11) is 1.89. The Bertz CT molecular complexity index is 1160. The molecule has 0 fully saturated rings. The van der Waals surface area contributed by atoms with Crippen LogP contribution in [0.2, 0.25) is 0 Å². The van der Waals surface area contributed by atoms with E-state index in [1.54, 1.807) is 10.9 Å². The van der Waals surface area contributed by atoms with E-state index in [0.29, 0.717) is 12.1 Å². The van der Waals surface area contributed by atoms with Gasteiger partial charge in [0.1, 0.15) is 0 Å². The molecule has 0 radical (unpaired) electrons. The van der Waals surface area contributed by atoms with Gasteiger partial charge in [-0.15, -0.1) is 0 Å². The van der Waals surface area contributed by atoms with Crippen molar-refractivity contribution in [3.05, 3.63) is 65.7 Å². The first kappa shape index (κ1) is 17.9. The Hall–Kier alpha value is -3.48. The van der Waals surface area contributed by atoms with Gasteiger partial charge in [-0.25, -0.2) is 4.98 Å². The number of aryl methyl sites for hydroxylation is 2. The molecule has 0 atom stereocenters. The average Bonchev–Trinajstić information content (AvgIpc) is 3.32. The minimum absolute atomic E-state index is 0.146. The normalized spacial score (nSPS) is 11.1. The molecular weight excluding hydrogens is 352 g/mol. The largest absolute Gasteiger partial charge is 0.346 e. The zero-order chi connectivity index (χ0) is 19.7. The molecular formula is C21H22N6O. The quantitative estimate of drug-likeness (QED) is 0.582. The van der Waals surface area contributed by atoms with E-state index in [1.807, 2.05) is 68.2 Å². The van der Waals surface area contributed by atoms with Gasteiger partial charge in [0.2, 0.25) is 0 Å². The van der Waals surface area contributed by atoms with Crippen LogP contribution in [-0.4, -0.2) is 30.5 Å². The third-order valence-corrected chi connectivity index (χ3v) is 4.92. The number of fused-ring (bicyclic) bond motifs is 1. The molecule has 0 aliphatic carbocycles. The summed E-state index contributed by atoms with van der Waals surface area (Å²) in [5.74, 6) is -0.146. The summed E-state index contributed by atoms with van der Waals surface area (Å²) < 4.78 is 3.64. The number of carbonyl (C=O) groups is 1. The molecule has 7 nitrogen and oxygen atoms in total. The maximum Gasteiger partial charge on any atom is 0.252 e. The van der Waals surface area contributed by atoms with Crippen LogP contribution in [0.25, 0.3) is 22.2 Å². The zero-order valence-corrected chi connectivity index (χ0v) is 16.2. The number of para-hydroxylation sites is 1. The summed E-state index contributed by atoms with van der Waals surface area (Å²) >= 11 is 0. The van der Waals surface area contributed by atoms with Gasteiger partial charge in [0.15, 0.2) is 0 Å². The Morgan fingerprint density at radius 1 is 1.21 bits per heavy atom. The fourth-order valence-corrected chi connectivity index (χ4v) is 3.19. The molecule has 4 aromatic rings. The van der Waals surface area contributed by atoms with Gasteiger partial charge in [-0.1, -0.05) is 18.2 Å². The molecule has 0 saturated carbocycles. The lowest BCUT2D eigenvalue weighted by molar-refractivity contribution is 0.0952. The van der Waals surface area contributed by atoms with E-state index in [-0.39, 0.29) is 5.91 Å². The Kier molecular flexibility index (Phi) is 4.65. The number of amides is 1. The minimum Gasteiger partial charge on any atom is -0.346 e. The van der Waals surface area contributed by atoms with Crippen molar-refractivity contribution in [2.75, 3.05) is 0 Å². The minimum atomic E-state index is -0.146. The van der Waals surface area contributed by atoms with Crippen LogP contribution in [0.1, 0.15) is 28.7 Å². The van der Waals surface area contributed by atoms with Gasteiger partial charge in [-0.05, 0) is 32.0 Å². The van der Waals surface area contributed by atoms with Crippen molar-refractivity contribution < 1.29 is 4.79 Å². The van der Waals surface area contributed by atoms with E-state index in [2.05, 4.69) is 15.5 Å². The number of aromatic nitrogens is 5. The van der Waals surface area contributed by atoms with Gasteiger partial charge in [0, 0.05) is 36.4 Å². The van der Waals surface area contributed by atoms with E-state index in [0.717, 1.165) is 40.1 Å². The van der Waals surface area contributed by atoms with Crippen molar-refractivity contribution in [1.29, 1.82) is 0 Å². The molecule has 3 heterocycles. The van der Waals surface area contributed by atoms with E-state index in [9.17, 15) is 4.79 Å². The van der Waals surface area contributed by atoms with Gasteiger partial charge in [0.05, 0.1) is 35.2 Å². The van der Waals surface area contributed by atoms with Crippen LogP contribution in [0.3, 0.4) is 0 Å². The summed E-state index contributed by atoms with van der Waals surface area (Å²) in [6, 6.07) is 11.4. The fourth-order valence-electron chi connectivity index (χ4n) is 3.19. The highest BCUT2D eigenvalue weighted by atomic mass is 16.1. The molecule has 1 aromatic carbocycles. The molecule has 0 bridgehead atoms. The van der Waals surface area contributed by atoms with Gasteiger partial charge >= 0.3 is 0 Å². The van der Waals surface area contributed by atoms with Gasteiger partial charge in [0.25, 0.3) is 5.91 Å². The second kappa shape index (κ2) is 7.26. The predicted octanol–water partition coefficient (Wildman–Crippen LogP) is 3.09. The molecule has 28 heavy (non-hydrogen) atoms. The van der Waals surface area contributed by atoms with Gasteiger partial charge in [-0.3, -0.25) is 14.2 Å². The maximum atomic E-state index is 13.0. The second-order valence-electron chi connectivity index (χ2n) is 6.68. The van der Waals surface area contributed by atoms with Crippen LogP contribution < -0.4 is 5.32 Å². The first-order valence-electron chi connectivity index (χ1n) is 9.26. The maximum absolute atomic E-state index is 13.0. The number of rotatable bonds is 5. The molecule has 0 saturated heterocycles. The highest BCUT2D eigenvalue weighted by Gasteiger charge is 2.16. The van der Waals surface area contributed by atoms with Crippen molar-refractivity contribution in [3.8, 4) is 11.3 Å². The Labute approximate surface area is 163 Å². The van der Waals surface area contributed by atoms with E-state index in [1.165, 1.54) is 0 Å². The highest BCUT2D eigenvalue weighted by molar-refractivity contribution is 6.07. The monoisotopic (exact) mass is 374 g/mol. The lowest BCUT2D eigenvalue weighted by Crippen LogP contribution is -2.23. The standard InChI is InChI=1S/C21H22N6O/c1-4-27-10-9-15(25-27)12-22-21(28)17-11-20(18-13-23-26(3)14(18)2)24-19-8-6-5-7-16(17)19/h5-11,13H,4,12H2,1-3H3,(H,22,28). The number of nitrogens with zero attached hydrogens (tertiary/aromatic N) is 5. The number of hydrogen-bond donors (Lipinski definition) is 1. The van der Waals surface area contributed by atoms with E-state index in [4.69, 9.17) is 4.98 Å². The highest BCUT2D eigenvalue weighted by Crippen LogP contribution is 2.26. The van der Waals surface area contributed by atoms with Crippen LogP contribution in [0.4, 0.5) is 0 Å². The number of pyridine rings is 1. The van der Waals surface area contributed by atoms with Crippen LogP contribution >= 0.6 is 0 Å². The molecule has 0 spiro atoms. The van der Waals surface area contributed by atoms with Crippen molar-refractivity contribution in [3.63, 3.8) is 0 Å². The van der Waals surface area contributed by atoms with Gasteiger partial charge in [-0.2, -0.15) is 10.2 Å². The predicted molar refractivity (Wildman–Crippen MR) is 108 cm³/mol. The van der Waals surface area contributed by atoms with Crippen LogP contribution in [0, 0.1) is 6.92 Å². The Balaban J connectivity index is 1.70. The third-order valence-electron chi connectivity index (χ3n) is 4.92. The number of nitrogens with one attached hydrogen (secondary N) is 1. The first-order chi connectivity index (χ1) is 13.6. The molecule has 0 aliphatic rings. The first-order valence-corrected chi connectivity index (χ1v) is 9.26. The molecule has 1 amide bonds. The summed E-state index contributed by atoms with van der Waals surface area (Å²) in [4.78, 5) is 17.7. The molecule has 142 valence electrons. The second-order valence-corrected chi connectivity index (χ2v) is 6.68. The molecule has 0 unspecified atom stereocenters. The van der Waals surface area contributed by atoms with Crippen molar-refractivity contribution in [1.82, 2.24) is 29.9 Å². The number of hydrogen-bond acceptors (Lipinski definition) is 4. The summed E-state index contributed by atoms with van der Waals surface area (Å²) in [6.07, 6.45) is 3.69. The van der Waals surface area contributed by atoms with Crippen molar-refractivity contribution >= 4 is 16.8 Å². The zero-order valence-electron chi connectivity index (χ0n) is 16.2. The average molecular weight is 374 g/mol. The van der Waals surface area contributed by atoms with Crippen molar-refractivity contribution in [2.24, 2.45) is 7.05 Å². The smallest absolute Gasteiger partial charge is 0.252 e. The van der Waals surface area contributed by atoms with Gasteiger partial charge < -0.3 is 5.32 Å². The SMILES string of the molecule is CCn1ccc(CNC(=O)c2cc(-c3cnn(C)c3C)nc3ccccc23)n1. The molecule has 0 aliphatic heterocycles. The molecule has 7 heteroatoms. The van der Waals surface area contributed by atoms with Crippen LogP contribution in [0.5, 0.6) is 0 Å².